The summed E-state index contributed by atoms with van der Waals surface area (Å²) in [6.45, 7) is 1.63. The van der Waals surface area contributed by atoms with Gasteiger partial charge in [-0.1, -0.05) is 72.8 Å². The number of aryl methyl sites for hydroxylation is 1. The van der Waals surface area contributed by atoms with Crippen LogP contribution in [0.3, 0.4) is 0 Å². The molecule has 4 heteroatoms. The third-order valence-corrected chi connectivity index (χ3v) is 5.56. The average molecular weight is 427 g/mol. The predicted octanol–water partition coefficient (Wildman–Crippen LogP) is 5.84. The summed E-state index contributed by atoms with van der Waals surface area (Å²) in [5.74, 6) is -0.116. The molecule has 3 aromatic carbocycles. The van der Waals surface area contributed by atoms with Crippen LogP contribution < -0.4 is 0 Å². The average Bonchev–Trinajstić information content (AvgIpc) is 3.25. The van der Waals surface area contributed by atoms with Crippen molar-refractivity contribution < 1.29 is 9.18 Å². The molecule has 162 valence electrons. The summed E-state index contributed by atoms with van der Waals surface area (Å²) in [5, 5.41) is 0. The number of hydrogen-bond donors (Lipinski definition) is 0. The van der Waals surface area contributed by atoms with Gasteiger partial charge in [0.25, 0.3) is 0 Å². The molecule has 0 aliphatic heterocycles. The van der Waals surface area contributed by atoms with Crippen molar-refractivity contribution in [3.8, 4) is 0 Å². The van der Waals surface area contributed by atoms with E-state index in [-0.39, 0.29) is 11.7 Å². The summed E-state index contributed by atoms with van der Waals surface area (Å²) < 4.78 is 15.7. The fourth-order valence-corrected chi connectivity index (χ4v) is 3.86. The summed E-state index contributed by atoms with van der Waals surface area (Å²) in [6.07, 6.45) is 3.16. The van der Waals surface area contributed by atoms with Crippen LogP contribution in [0.5, 0.6) is 0 Å². The molecule has 0 aliphatic rings. The maximum Gasteiger partial charge on any atom is 0.223 e. The first-order chi connectivity index (χ1) is 15.7. The highest BCUT2D eigenvalue weighted by Crippen LogP contribution is 2.16. The smallest absolute Gasteiger partial charge is 0.223 e. The number of benzene rings is 3. The Morgan fingerprint density at radius 2 is 1.44 bits per heavy atom. The largest absolute Gasteiger partial charge is 0.345 e. The molecule has 0 aliphatic carbocycles. The minimum Gasteiger partial charge on any atom is -0.345 e. The molecule has 0 radical (unpaired) electrons. The molecular formula is C28H27FN2O. The SMILES string of the molecule is O=C(CCc1ccccc1)N(Cc1ccccc1)Cc1cccn1Cc1cccc(F)c1. The van der Waals surface area contributed by atoms with Crippen LogP contribution in [0, 0.1) is 5.82 Å². The van der Waals surface area contributed by atoms with Crippen LogP contribution in [0.15, 0.2) is 103 Å². The van der Waals surface area contributed by atoms with Crippen molar-refractivity contribution in [1.29, 1.82) is 0 Å². The zero-order valence-corrected chi connectivity index (χ0v) is 18.0. The highest BCUT2D eigenvalue weighted by Gasteiger charge is 2.16. The first-order valence-corrected chi connectivity index (χ1v) is 10.9. The van der Waals surface area contributed by atoms with E-state index in [1.807, 2.05) is 77.8 Å². The number of rotatable bonds is 9. The molecule has 0 saturated carbocycles. The van der Waals surface area contributed by atoms with Crippen molar-refractivity contribution in [1.82, 2.24) is 9.47 Å². The summed E-state index contributed by atoms with van der Waals surface area (Å²) in [7, 11) is 0. The van der Waals surface area contributed by atoms with E-state index in [0.717, 1.165) is 28.8 Å². The van der Waals surface area contributed by atoms with Gasteiger partial charge in [0.2, 0.25) is 5.91 Å². The first kappa shape index (κ1) is 21.6. The second kappa shape index (κ2) is 10.6. The van der Waals surface area contributed by atoms with Crippen LogP contribution >= 0.6 is 0 Å². The zero-order chi connectivity index (χ0) is 22.2. The van der Waals surface area contributed by atoms with E-state index in [4.69, 9.17) is 0 Å². The Balaban J connectivity index is 1.50. The van der Waals surface area contributed by atoms with E-state index in [1.54, 1.807) is 12.1 Å². The van der Waals surface area contributed by atoms with Crippen LogP contribution in [0.4, 0.5) is 4.39 Å². The minimum atomic E-state index is -0.238. The van der Waals surface area contributed by atoms with Crippen LogP contribution in [0.25, 0.3) is 0 Å². The molecule has 32 heavy (non-hydrogen) atoms. The molecule has 0 unspecified atom stereocenters. The molecule has 0 atom stereocenters. The Morgan fingerprint density at radius 3 is 2.16 bits per heavy atom. The van der Waals surface area contributed by atoms with E-state index in [9.17, 15) is 9.18 Å². The van der Waals surface area contributed by atoms with E-state index >= 15 is 0 Å². The molecule has 0 fully saturated rings. The third kappa shape index (κ3) is 5.94. The molecule has 0 bridgehead atoms. The van der Waals surface area contributed by atoms with Crippen LogP contribution in [-0.2, 0) is 30.8 Å². The standard InChI is InChI=1S/C28H27FN2O/c29-26-14-7-13-25(19-26)21-30-18-8-15-27(30)22-31(20-24-11-5-2-6-12-24)28(32)17-16-23-9-3-1-4-10-23/h1-15,18-19H,16-17,20-22H2. The molecule has 1 aromatic heterocycles. The van der Waals surface area contributed by atoms with E-state index < -0.39 is 0 Å². The number of hydrogen-bond acceptors (Lipinski definition) is 1. The topological polar surface area (TPSA) is 25.2 Å². The van der Waals surface area contributed by atoms with Gasteiger partial charge in [0.1, 0.15) is 5.82 Å². The van der Waals surface area contributed by atoms with Gasteiger partial charge in [-0.05, 0) is 47.4 Å². The summed E-state index contributed by atoms with van der Waals surface area (Å²) in [4.78, 5) is 15.1. The Kier molecular flexibility index (Phi) is 7.13. The van der Waals surface area contributed by atoms with Crippen molar-refractivity contribution in [2.75, 3.05) is 0 Å². The molecule has 0 N–H and O–H groups in total. The normalized spacial score (nSPS) is 10.8. The lowest BCUT2D eigenvalue weighted by Gasteiger charge is -2.24. The van der Waals surface area contributed by atoms with Crippen molar-refractivity contribution in [3.63, 3.8) is 0 Å². The van der Waals surface area contributed by atoms with Crippen LogP contribution in [0.1, 0.15) is 28.8 Å². The Morgan fingerprint density at radius 1 is 0.750 bits per heavy atom. The second-order valence-corrected chi connectivity index (χ2v) is 7.98. The van der Waals surface area contributed by atoms with E-state index in [1.165, 1.54) is 6.07 Å². The van der Waals surface area contributed by atoms with Gasteiger partial charge in [0.15, 0.2) is 0 Å². The Hall–Kier alpha value is -3.66. The summed E-state index contributed by atoms with van der Waals surface area (Å²) in [6, 6.07) is 30.8. The fourth-order valence-electron chi connectivity index (χ4n) is 3.86. The maximum absolute atomic E-state index is 13.6. The fraction of sp³-hybridized carbons (Fsp3) is 0.179. The molecule has 1 heterocycles. The summed E-state index contributed by atoms with van der Waals surface area (Å²) in [5.41, 5.74) is 4.18. The highest BCUT2D eigenvalue weighted by atomic mass is 19.1. The lowest BCUT2D eigenvalue weighted by atomic mass is 10.1. The number of aromatic nitrogens is 1. The molecule has 3 nitrogen and oxygen atoms in total. The van der Waals surface area contributed by atoms with Gasteiger partial charge in [-0.15, -0.1) is 0 Å². The van der Waals surface area contributed by atoms with Gasteiger partial charge in [0, 0.05) is 31.4 Å². The zero-order valence-electron chi connectivity index (χ0n) is 18.0. The quantitative estimate of drug-likeness (QED) is 0.330. The number of carbonyl (C=O) groups excluding carboxylic acids is 1. The van der Waals surface area contributed by atoms with Gasteiger partial charge in [-0.2, -0.15) is 0 Å². The first-order valence-electron chi connectivity index (χ1n) is 10.9. The van der Waals surface area contributed by atoms with Crippen molar-refractivity contribution in [2.45, 2.75) is 32.5 Å². The molecule has 4 rings (SSSR count). The molecule has 0 spiro atoms. The molecule has 4 aromatic rings. The molecule has 1 amide bonds. The predicted molar refractivity (Wildman–Crippen MR) is 125 cm³/mol. The van der Waals surface area contributed by atoms with Crippen molar-refractivity contribution in [2.24, 2.45) is 0 Å². The number of carbonyl (C=O) groups is 1. The van der Waals surface area contributed by atoms with Gasteiger partial charge in [0.05, 0.1) is 6.54 Å². The number of amides is 1. The lowest BCUT2D eigenvalue weighted by Crippen LogP contribution is -2.31. The number of halogens is 1. The van der Waals surface area contributed by atoms with Gasteiger partial charge in [-0.25, -0.2) is 4.39 Å². The highest BCUT2D eigenvalue weighted by molar-refractivity contribution is 5.76. The molecular weight excluding hydrogens is 399 g/mol. The Bertz CT molecular complexity index is 1140. The van der Waals surface area contributed by atoms with Gasteiger partial charge in [-0.3, -0.25) is 4.79 Å². The monoisotopic (exact) mass is 426 g/mol. The second-order valence-electron chi connectivity index (χ2n) is 7.98. The van der Waals surface area contributed by atoms with Crippen LogP contribution in [-0.4, -0.2) is 15.4 Å². The van der Waals surface area contributed by atoms with Crippen LogP contribution in [0.2, 0.25) is 0 Å². The van der Waals surface area contributed by atoms with Crippen molar-refractivity contribution >= 4 is 5.91 Å². The minimum absolute atomic E-state index is 0.121. The Labute approximate surface area is 188 Å². The van der Waals surface area contributed by atoms with Gasteiger partial charge >= 0.3 is 0 Å². The third-order valence-electron chi connectivity index (χ3n) is 5.56. The number of nitrogens with zero attached hydrogens (tertiary/aromatic N) is 2. The van der Waals surface area contributed by atoms with Crippen molar-refractivity contribution in [3.05, 3.63) is 131 Å². The van der Waals surface area contributed by atoms with Gasteiger partial charge < -0.3 is 9.47 Å². The van der Waals surface area contributed by atoms with E-state index in [0.29, 0.717) is 26.1 Å². The van der Waals surface area contributed by atoms with E-state index in [2.05, 4.69) is 16.7 Å². The summed E-state index contributed by atoms with van der Waals surface area (Å²) >= 11 is 0. The lowest BCUT2D eigenvalue weighted by molar-refractivity contribution is -0.132. The maximum atomic E-state index is 13.6. The molecule has 0 saturated heterocycles.